The molecule has 4 rings (SSSR count). The van der Waals surface area contributed by atoms with Crippen LogP contribution in [0.5, 0.6) is 0 Å². The zero-order valence-corrected chi connectivity index (χ0v) is 16.8. The molecule has 1 aromatic rings. The molecule has 4 N–H and O–H groups in total. The number of anilines is 1. The molecule has 0 radical (unpaired) electrons. The van der Waals surface area contributed by atoms with Crippen molar-refractivity contribution in [3.63, 3.8) is 0 Å². The van der Waals surface area contributed by atoms with Gasteiger partial charge in [-0.3, -0.25) is 14.5 Å². The Balaban J connectivity index is 1.59. The number of guanidine groups is 1. The highest BCUT2D eigenvalue weighted by Gasteiger charge is 2.38. The monoisotopic (exact) mass is 411 g/mol. The molecule has 10 heteroatoms. The summed E-state index contributed by atoms with van der Waals surface area (Å²) >= 11 is 0. The highest BCUT2D eigenvalue weighted by atomic mass is 19.1. The molecule has 0 aliphatic carbocycles. The molecule has 9 nitrogen and oxygen atoms in total. The van der Waals surface area contributed by atoms with Crippen molar-refractivity contribution < 1.29 is 14.0 Å². The number of hydrogen-bond donors (Lipinski definition) is 3. The second-order valence-electron chi connectivity index (χ2n) is 7.66. The molecule has 2 unspecified atom stereocenters. The molecule has 0 saturated carbocycles. The molecule has 30 heavy (non-hydrogen) atoms. The largest absolute Gasteiger partial charge is 0.369 e. The van der Waals surface area contributed by atoms with Gasteiger partial charge >= 0.3 is 0 Å². The summed E-state index contributed by atoms with van der Waals surface area (Å²) < 4.78 is 14.6. The van der Waals surface area contributed by atoms with Crippen LogP contribution in [0.4, 0.5) is 10.1 Å². The molecule has 0 aromatic heterocycles. The molecule has 156 valence electrons. The number of aliphatic imine (C=N–C) groups is 2. The summed E-state index contributed by atoms with van der Waals surface area (Å²) in [4.78, 5) is 36.5. The first-order chi connectivity index (χ1) is 14.2. The van der Waals surface area contributed by atoms with Crippen LogP contribution in [0.3, 0.4) is 0 Å². The van der Waals surface area contributed by atoms with E-state index in [0.717, 1.165) is 5.70 Å². The lowest BCUT2D eigenvalue weighted by molar-refractivity contribution is -0.128. The van der Waals surface area contributed by atoms with E-state index in [0.29, 0.717) is 5.69 Å². The Morgan fingerprint density at radius 2 is 2.17 bits per heavy atom. The van der Waals surface area contributed by atoms with E-state index < -0.39 is 17.3 Å². The van der Waals surface area contributed by atoms with Crippen LogP contribution >= 0.6 is 0 Å². The zero-order valence-electron chi connectivity index (χ0n) is 16.8. The van der Waals surface area contributed by atoms with Crippen LogP contribution in [0, 0.1) is 5.82 Å². The molecule has 3 heterocycles. The number of allylic oxidation sites excluding steroid dienone is 1. The predicted molar refractivity (Wildman–Crippen MR) is 110 cm³/mol. The van der Waals surface area contributed by atoms with Gasteiger partial charge in [0.05, 0.1) is 12.0 Å². The Bertz CT molecular complexity index is 1060. The molecule has 0 fully saturated rings. The fourth-order valence-corrected chi connectivity index (χ4v) is 3.60. The minimum Gasteiger partial charge on any atom is -0.369 e. The highest BCUT2D eigenvalue weighted by molar-refractivity contribution is 6.05. The van der Waals surface area contributed by atoms with Crippen LogP contribution in [-0.2, 0) is 15.1 Å². The van der Waals surface area contributed by atoms with Crippen molar-refractivity contribution in [1.82, 2.24) is 15.1 Å². The Labute approximate surface area is 172 Å². The van der Waals surface area contributed by atoms with Gasteiger partial charge in [-0.15, -0.1) is 0 Å². The normalized spacial score (nSPS) is 25.3. The average molecular weight is 411 g/mol. The van der Waals surface area contributed by atoms with Crippen molar-refractivity contribution in [3.05, 3.63) is 53.4 Å². The van der Waals surface area contributed by atoms with E-state index in [1.165, 1.54) is 30.1 Å². The Morgan fingerprint density at radius 3 is 2.90 bits per heavy atom. The number of amides is 2. The number of nitrogens with one attached hydrogen (secondary N) is 2. The summed E-state index contributed by atoms with van der Waals surface area (Å²) in [6, 6.07) is 4.15. The average Bonchev–Trinajstić information content (AvgIpc) is 3.06. The van der Waals surface area contributed by atoms with Crippen LogP contribution in [0.1, 0.15) is 25.8 Å². The smallest absolute Gasteiger partial charge is 0.275 e. The summed E-state index contributed by atoms with van der Waals surface area (Å²) in [5.41, 5.74) is 6.38. The van der Waals surface area contributed by atoms with Crippen LogP contribution in [0.15, 0.2) is 52.0 Å². The van der Waals surface area contributed by atoms with Gasteiger partial charge in [-0.05, 0) is 32.0 Å². The summed E-state index contributed by atoms with van der Waals surface area (Å²) in [7, 11) is 1.52. The predicted octanol–water partition coefficient (Wildman–Crippen LogP) is 1.17. The Kier molecular flexibility index (Phi) is 4.56. The quantitative estimate of drug-likeness (QED) is 0.691. The fourth-order valence-electron chi connectivity index (χ4n) is 3.60. The number of fused-ring (bicyclic) bond motifs is 1. The van der Waals surface area contributed by atoms with Gasteiger partial charge in [-0.2, -0.15) is 0 Å². The third-order valence-electron chi connectivity index (χ3n) is 5.28. The van der Waals surface area contributed by atoms with Crippen LogP contribution < -0.4 is 16.4 Å². The van der Waals surface area contributed by atoms with Gasteiger partial charge in [0.1, 0.15) is 17.7 Å². The molecule has 2 atom stereocenters. The molecule has 0 saturated heterocycles. The molecule has 0 bridgehead atoms. The van der Waals surface area contributed by atoms with E-state index in [4.69, 9.17) is 5.73 Å². The third-order valence-corrected chi connectivity index (χ3v) is 5.28. The summed E-state index contributed by atoms with van der Waals surface area (Å²) in [5.74, 6) is -1.22. The minimum absolute atomic E-state index is 0.0152. The molecule has 2 amide bonds. The molecular weight excluding hydrogens is 389 g/mol. The van der Waals surface area contributed by atoms with E-state index in [1.54, 1.807) is 19.3 Å². The first-order valence-corrected chi connectivity index (χ1v) is 9.38. The van der Waals surface area contributed by atoms with E-state index in [1.807, 2.05) is 18.0 Å². The summed E-state index contributed by atoms with van der Waals surface area (Å²) in [6.45, 7) is 3.56. The van der Waals surface area contributed by atoms with Crippen molar-refractivity contribution in [3.8, 4) is 0 Å². The highest BCUT2D eigenvalue weighted by Crippen LogP contribution is 2.36. The van der Waals surface area contributed by atoms with Crippen molar-refractivity contribution >= 4 is 29.7 Å². The maximum atomic E-state index is 14.6. The molecule has 3 aliphatic heterocycles. The van der Waals surface area contributed by atoms with Crippen molar-refractivity contribution in [1.29, 1.82) is 0 Å². The minimum atomic E-state index is -1.17. The number of rotatable bonds is 3. The Hall–Kier alpha value is -3.69. The molecule has 1 aromatic carbocycles. The standard InChI is InChI=1S/C20H22FN7O2/c1-11-9-28-10-15(23-8-16(28)24-11)18(30)25-12-4-5-14(21)13(6-12)20(2)7-17(29)27(3)19(22)26-20/h4-6,8-10,16,24H,7H2,1-3H3,(H2,22,26)(H,25,30). The second-order valence-corrected chi connectivity index (χ2v) is 7.66. The number of nitrogens with two attached hydrogens (primary N) is 1. The zero-order chi connectivity index (χ0) is 21.6. The van der Waals surface area contributed by atoms with Gasteiger partial charge < -0.3 is 21.3 Å². The van der Waals surface area contributed by atoms with Crippen molar-refractivity contribution in [2.45, 2.75) is 32.0 Å². The second kappa shape index (κ2) is 6.97. The van der Waals surface area contributed by atoms with Crippen LogP contribution in [-0.4, -0.2) is 47.0 Å². The maximum Gasteiger partial charge on any atom is 0.275 e. The first-order valence-electron chi connectivity index (χ1n) is 9.38. The summed E-state index contributed by atoms with van der Waals surface area (Å²) in [6.07, 6.45) is 5.00. The van der Waals surface area contributed by atoms with E-state index in [9.17, 15) is 14.0 Å². The van der Waals surface area contributed by atoms with Gasteiger partial charge in [0.2, 0.25) is 5.91 Å². The Morgan fingerprint density at radius 1 is 1.40 bits per heavy atom. The van der Waals surface area contributed by atoms with Gasteiger partial charge in [-0.1, -0.05) is 0 Å². The summed E-state index contributed by atoms with van der Waals surface area (Å²) in [5, 5.41) is 5.92. The lowest BCUT2D eigenvalue weighted by atomic mass is 9.87. The van der Waals surface area contributed by atoms with E-state index in [2.05, 4.69) is 20.6 Å². The van der Waals surface area contributed by atoms with E-state index >= 15 is 0 Å². The van der Waals surface area contributed by atoms with Gasteiger partial charge in [0, 0.05) is 42.6 Å². The van der Waals surface area contributed by atoms with Gasteiger partial charge in [-0.25, -0.2) is 14.4 Å². The first kappa shape index (κ1) is 19.6. The van der Waals surface area contributed by atoms with Crippen molar-refractivity contribution in [2.75, 3.05) is 12.4 Å². The molecule has 3 aliphatic rings. The third kappa shape index (κ3) is 3.40. The van der Waals surface area contributed by atoms with Gasteiger partial charge in [0.15, 0.2) is 5.96 Å². The lowest BCUT2D eigenvalue weighted by Gasteiger charge is -2.34. The van der Waals surface area contributed by atoms with Crippen LogP contribution in [0.2, 0.25) is 0 Å². The molecular formula is C20H22FN7O2. The van der Waals surface area contributed by atoms with Gasteiger partial charge in [0.25, 0.3) is 5.91 Å². The number of nitrogens with zero attached hydrogens (tertiary/aromatic N) is 4. The number of hydrogen-bond acceptors (Lipinski definition) is 7. The lowest BCUT2D eigenvalue weighted by Crippen LogP contribution is -2.47. The van der Waals surface area contributed by atoms with E-state index in [-0.39, 0.29) is 35.7 Å². The topological polar surface area (TPSA) is 115 Å². The SMILES string of the molecule is CC1=CN2C=C(C(=O)Nc3ccc(F)c(C4(C)CC(=O)N(C)C(N)=N4)c3)N=CC2N1. The number of halogens is 1. The van der Waals surface area contributed by atoms with Crippen molar-refractivity contribution in [2.24, 2.45) is 15.7 Å². The molecule has 0 spiro atoms. The number of carbonyl (C=O) groups is 2. The number of carbonyl (C=O) groups excluding carboxylic acids is 2. The maximum absolute atomic E-state index is 14.6. The number of benzene rings is 1. The fraction of sp³-hybridized carbons (Fsp3) is 0.300. The van der Waals surface area contributed by atoms with Crippen LogP contribution in [0.25, 0.3) is 0 Å².